The smallest absolute Gasteiger partial charge is 0.124 e. The van der Waals surface area contributed by atoms with Crippen LogP contribution >= 0.6 is 11.8 Å². The third-order valence-electron chi connectivity index (χ3n) is 2.49. The predicted octanol–water partition coefficient (Wildman–Crippen LogP) is 2.71. The van der Waals surface area contributed by atoms with Crippen LogP contribution in [-0.4, -0.2) is 11.8 Å². The summed E-state index contributed by atoms with van der Waals surface area (Å²) >= 11 is 1.76. The van der Waals surface area contributed by atoms with E-state index in [0.29, 0.717) is 0 Å². The van der Waals surface area contributed by atoms with Crippen molar-refractivity contribution in [1.29, 1.82) is 5.26 Å². The molecule has 3 heteroatoms. The zero-order valence-electron chi connectivity index (χ0n) is 8.29. The molecule has 1 unspecified atom stereocenters. The average molecular weight is 204 g/mol. The molecule has 1 aliphatic heterocycles. The maximum atomic E-state index is 8.81. The zero-order chi connectivity index (χ0) is 10.1. The molecule has 2 nitrogen and oxygen atoms in total. The summed E-state index contributed by atoms with van der Waals surface area (Å²) < 4.78 is 0. The number of nitriles is 1. The van der Waals surface area contributed by atoms with Crippen molar-refractivity contribution in [2.75, 3.05) is 11.1 Å². The fourth-order valence-corrected chi connectivity index (χ4v) is 2.53. The molecular formula is C11H12N2S. The normalized spacial score (nSPS) is 19.4. The van der Waals surface area contributed by atoms with E-state index in [0.717, 1.165) is 11.4 Å². The minimum Gasteiger partial charge on any atom is -0.368 e. The van der Waals surface area contributed by atoms with Gasteiger partial charge in [0.15, 0.2) is 0 Å². The molecule has 1 aromatic rings. The molecule has 14 heavy (non-hydrogen) atoms. The number of nitrogens with one attached hydrogen (secondary N) is 1. The molecule has 0 saturated heterocycles. The lowest BCUT2D eigenvalue weighted by Gasteiger charge is -2.22. The summed E-state index contributed by atoms with van der Waals surface area (Å²) in [4.78, 5) is 1.26. The summed E-state index contributed by atoms with van der Waals surface area (Å²) in [5.74, 6) is 0.839. The first-order valence-corrected chi connectivity index (χ1v) is 5.59. The van der Waals surface area contributed by atoms with Gasteiger partial charge in [-0.1, -0.05) is 0 Å². The molecule has 1 aliphatic rings. The number of nitrogens with zero attached hydrogens (tertiary/aromatic N) is 1. The van der Waals surface area contributed by atoms with Crippen LogP contribution in [0.25, 0.3) is 0 Å². The van der Waals surface area contributed by atoms with E-state index >= 15 is 0 Å². The first-order valence-electron chi connectivity index (χ1n) is 4.61. The third-order valence-corrected chi connectivity index (χ3v) is 3.64. The summed E-state index contributed by atoms with van der Waals surface area (Å²) in [6.45, 7) is 4.21. The van der Waals surface area contributed by atoms with Gasteiger partial charge in [-0.3, -0.25) is 0 Å². The van der Waals surface area contributed by atoms with Crippen molar-refractivity contribution in [2.45, 2.75) is 24.8 Å². The Balaban J connectivity index is 2.39. The van der Waals surface area contributed by atoms with E-state index in [1.54, 1.807) is 11.8 Å². The Bertz CT molecular complexity index is 406. The highest BCUT2D eigenvalue weighted by molar-refractivity contribution is 7.99. The Hall–Kier alpha value is -1.14. The van der Waals surface area contributed by atoms with Crippen LogP contribution in [-0.2, 0) is 0 Å². The molecule has 0 aromatic heterocycles. The molecule has 1 N–H and O–H groups in total. The van der Waals surface area contributed by atoms with Crippen molar-refractivity contribution in [3.05, 3.63) is 23.3 Å². The molecule has 72 valence electrons. The van der Waals surface area contributed by atoms with Crippen molar-refractivity contribution < 1.29 is 0 Å². The van der Waals surface area contributed by atoms with Gasteiger partial charge in [-0.25, -0.2) is 0 Å². The molecule has 2 rings (SSSR count). The highest BCUT2D eigenvalue weighted by Crippen LogP contribution is 2.34. The number of rotatable bonds is 0. The van der Waals surface area contributed by atoms with Crippen LogP contribution in [0, 0.1) is 25.2 Å². The quantitative estimate of drug-likeness (QED) is 0.705. The van der Waals surface area contributed by atoms with Crippen LogP contribution in [0.2, 0.25) is 0 Å². The lowest BCUT2D eigenvalue weighted by atomic mass is 10.1. The number of benzene rings is 1. The second-order valence-corrected chi connectivity index (χ2v) is 4.63. The monoisotopic (exact) mass is 204 g/mol. The lowest BCUT2D eigenvalue weighted by molar-refractivity contribution is 0.993. The molecule has 0 spiro atoms. The van der Waals surface area contributed by atoms with Crippen molar-refractivity contribution in [1.82, 2.24) is 0 Å². The molecule has 0 amide bonds. The minimum absolute atomic E-state index is 0.0467. The predicted molar refractivity (Wildman–Crippen MR) is 59.7 cm³/mol. The Morgan fingerprint density at radius 3 is 2.86 bits per heavy atom. The Labute approximate surface area is 88.3 Å². The van der Waals surface area contributed by atoms with Gasteiger partial charge < -0.3 is 5.32 Å². The van der Waals surface area contributed by atoms with Gasteiger partial charge in [0.1, 0.15) is 6.04 Å². The van der Waals surface area contributed by atoms with E-state index in [1.165, 1.54) is 16.0 Å². The molecule has 0 saturated carbocycles. The number of hydrogen-bond donors (Lipinski definition) is 1. The molecule has 1 atom stereocenters. The van der Waals surface area contributed by atoms with Crippen molar-refractivity contribution in [2.24, 2.45) is 0 Å². The van der Waals surface area contributed by atoms with Gasteiger partial charge in [-0.05, 0) is 37.1 Å². The van der Waals surface area contributed by atoms with Gasteiger partial charge in [0, 0.05) is 16.3 Å². The topological polar surface area (TPSA) is 35.8 Å². The van der Waals surface area contributed by atoms with Gasteiger partial charge >= 0.3 is 0 Å². The molecular weight excluding hydrogens is 192 g/mol. The Morgan fingerprint density at radius 1 is 1.43 bits per heavy atom. The largest absolute Gasteiger partial charge is 0.368 e. The first kappa shape index (κ1) is 9.42. The Morgan fingerprint density at radius 2 is 2.14 bits per heavy atom. The van der Waals surface area contributed by atoms with Crippen molar-refractivity contribution in [3.63, 3.8) is 0 Å². The standard InChI is InChI=1S/C11H12N2S/c1-7-3-10-11(4-8(7)2)14-6-9(5-12)13-10/h3-4,9,13H,6H2,1-2H3. The summed E-state index contributed by atoms with van der Waals surface area (Å²) in [5.41, 5.74) is 3.69. The number of anilines is 1. The number of thioether (sulfide) groups is 1. The number of fused-ring (bicyclic) bond motifs is 1. The SMILES string of the molecule is Cc1cc2c(cc1C)SCC(C#N)N2. The van der Waals surface area contributed by atoms with E-state index < -0.39 is 0 Å². The second-order valence-electron chi connectivity index (χ2n) is 3.57. The highest BCUT2D eigenvalue weighted by Gasteiger charge is 2.17. The van der Waals surface area contributed by atoms with Crippen LogP contribution in [0.5, 0.6) is 0 Å². The van der Waals surface area contributed by atoms with Crippen LogP contribution in [0.3, 0.4) is 0 Å². The van der Waals surface area contributed by atoms with Crippen molar-refractivity contribution in [3.8, 4) is 6.07 Å². The lowest BCUT2D eigenvalue weighted by Crippen LogP contribution is -2.23. The maximum absolute atomic E-state index is 8.81. The minimum atomic E-state index is -0.0467. The van der Waals surface area contributed by atoms with Crippen LogP contribution in [0.1, 0.15) is 11.1 Å². The van der Waals surface area contributed by atoms with Gasteiger partial charge in [-0.15, -0.1) is 11.8 Å². The van der Waals surface area contributed by atoms with Crippen molar-refractivity contribution >= 4 is 17.4 Å². The van der Waals surface area contributed by atoms with Gasteiger partial charge in [0.05, 0.1) is 6.07 Å². The summed E-state index contributed by atoms with van der Waals surface area (Å²) in [5, 5.41) is 12.0. The van der Waals surface area contributed by atoms with E-state index in [1.807, 2.05) is 0 Å². The third kappa shape index (κ3) is 1.58. The van der Waals surface area contributed by atoms with E-state index in [2.05, 4.69) is 37.4 Å². The van der Waals surface area contributed by atoms with E-state index in [-0.39, 0.29) is 6.04 Å². The van der Waals surface area contributed by atoms with E-state index in [9.17, 15) is 0 Å². The number of hydrogen-bond acceptors (Lipinski definition) is 3. The maximum Gasteiger partial charge on any atom is 0.124 e. The summed E-state index contributed by atoms with van der Waals surface area (Å²) in [7, 11) is 0. The molecule has 0 bridgehead atoms. The van der Waals surface area contributed by atoms with Gasteiger partial charge in [0.25, 0.3) is 0 Å². The second kappa shape index (κ2) is 3.55. The molecule has 0 aliphatic carbocycles. The van der Waals surface area contributed by atoms with Crippen LogP contribution in [0.4, 0.5) is 5.69 Å². The fourth-order valence-electron chi connectivity index (χ4n) is 1.49. The molecule has 1 aromatic carbocycles. The number of aryl methyl sites for hydroxylation is 2. The van der Waals surface area contributed by atoms with Gasteiger partial charge in [-0.2, -0.15) is 5.26 Å². The zero-order valence-corrected chi connectivity index (χ0v) is 9.11. The van der Waals surface area contributed by atoms with E-state index in [4.69, 9.17) is 5.26 Å². The summed E-state index contributed by atoms with van der Waals surface area (Å²) in [6, 6.07) is 6.52. The Kier molecular flexibility index (Phi) is 2.39. The van der Waals surface area contributed by atoms with Crippen LogP contribution in [0.15, 0.2) is 17.0 Å². The highest BCUT2D eigenvalue weighted by atomic mass is 32.2. The average Bonchev–Trinajstić information content (AvgIpc) is 2.19. The molecule has 1 heterocycles. The fraction of sp³-hybridized carbons (Fsp3) is 0.364. The van der Waals surface area contributed by atoms with Crippen LogP contribution < -0.4 is 5.32 Å². The van der Waals surface area contributed by atoms with Gasteiger partial charge in [0.2, 0.25) is 0 Å². The summed E-state index contributed by atoms with van der Waals surface area (Å²) in [6.07, 6.45) is 0. The first-order chi connectivity index (χ1) is 6.70. The molecule has 0 radical (unpaired) electrons. The molecule has 0 fully saturated rings.